The number of anilines is 2. The van der Waals surface area contributed by atoms with Crippen LogP contribution in [0.15, 0.2) is 61.7 Å². The molecule has 5 aromatic rings. The first-order chi connectivity index (χ1) is 18.5. The zero-order chi connectivity index (χ0) is 26.1. The molecule has 1 aromatic carbocycles. The molecule has 0 aliphatic carbocycles. The minimum atomic E-state index is -0.431. The number of hydrogen-bond donors (Lipinski definition) is 1. The van der Waals surface area contributed by atoms with E-state index in [4.69, 9.17) is 11.6 Å². The van der Waals surface area contributed by atoms with Crippen LogP contribution >= 0.6 is 11.6 Å². The summed E-state index contributed by atoms with van der Waals surface area (Å²) in [5, 5.41) is 19.0. The van der Waals surface area contributed by atoms with E-state index in [-0.39, 0.29) is 11.7 Å². The molecule has 4 aromatic heterocycles. The van der Waals surface area contributed by atoms with E-state index in [2.05, 4.69) is 50.8 Å². The number of nitrogens with zero attached hydrogens (tertiary/aromatic N) is 11. The minimum absolute atomic E-state index is 0.123. The SMILES string of the molecule is C[C@@H](c1cnc(N2CCC2)nc1)n1cc(NC(=O)c2cncc(-c3cc(Cl)ccc3-n3cnnn3)n2)cn1. The Labute approximate surface area is 221 Å². The molecule has 13 nitrogen and oxygen atoms in total. The van der Waals surface area contributed by atoms with Crippen molar-refractivity contribution in [3.05, 3.63) is 78.0 Å². The number of nitrogens with one attached hydrogen (secondary N) is 1. The van der Waals surface area contributed by atoms with Crippen molar-refractivity contribution in [3.8, 4) is 16.9 Å². The van der Waals surface area contributed by atoms with Gasteiger partial charge in [-0.3, -0.25) is 14.5 Å². The van der Waals surface area contributed by atoms with Crippen LogP contribution in [0, 0.1) is 0 Å². The zero-order valence-corrected chi connectivity index (χ0v) is 20.9. The summed E-state index contributed by atoms with van der Waals surface area (Å²) in [5.41, 5.74) is 3.26. The van der Waals surface area contributed by atoms with Crippen molar-refractivity contribution in [1.29, 1.82) is 0 Å². The van der Waals surface area contributed by atoms with Crippen LogP contribution in [0.2, 0.25) is 5.02 Å². The summed E-state index contributed by atoms with van der Waals surface area (Å²) < 4.78 is 3.23. The number of tetrazole rings is 1. The molecule has 1 aliphatic heterocycles. The number of halogens is 1. The molecule has 1 atom stereocenters. The Balaban J connectivity index is 1.19. The highest BCUT2D eigenvalue weighted by Crippen LogP contribution is 2.28. The van der Waals surface area contributed by atoms with Gasteiger partial charge in [-0.2, -0.15) is 9.78 Å². The molecule has 0 radical (unpaired) electrons. The van der Waals surface area contributed by atoms with Gasteiger partial charge in [-0.15, -0.1) is 5.10 Å². The lowest BCUT2D eigenvalue weighted by Gasteiger charge is -2.30. The molecule has 0 saturated carbocycles. The van der Waals surface area contributed by atoms with Gasteiger partial charge in [0.1, 0.15) is 12.0 Å². The fourth-order valence-corrected chi connectivity index (χ4v) is 4.15. The maximum Gasteiger partial charge on any atom is 0.275 e. The normalized spacial score (nSPS) is 13.7. The van der Waals surface area contributed by atoms with Crippen LogP contribution in [0.3, 0.4) is 0 Å². The Hall–Kier alpha value is -4.78. The van der Waals surface area contributed by atoms with E-state index in [1.165, 1.54) is 23.6 Å². The molecular formula is C24H21ClN12O. The van der Waals surface area contributed by atoms with E-state index >= 15 is 0 Å². The van der Waals surface area contributed by atoms with E-state index in [0.717, 1.165) is 24.6 Å². The number of hydrogen-bond acceptors (Lipinski definition) is 10. The summed E-state index contributed by atoms with van der Waals surface area (Å²) in [6.07, 6.45) is 12.5. The van der Waals surface area contributed by atoms with Crippen molar-refractivity contribution in [2.45, 2.75) is 19.4 Å². The monoisotopic (exact) mass is 528 g/mol. The second-order valence-corrected chi connectivity index (χ2v) is 9.14. The molecular weight excluding hydrogens is 508 g/mol. The third kappa shape index (κ3) is 4.66. The van der Waals surface area contributed by atoms with E-state index in [1.54, 1.807) is 41.5 Å². The van der Waals surface area contributed by atoms with Crippen molar-refractivity contribution < 1.29 is 4.79 Å². The van der Waals surface area contributed by atoms with Gasteiger partial charge in [0, 0.05) is 47.8 Å². The summed E-state index contributed by atoms with van der Waals surface area (Å²) in [5.74, 6) is 0.312. The molecule has 0 spiro atoms. The van der Waals surface area contributed by atoms with Gasteiger partial charge >= 0.3 is 0 Å². The number of rotatable bonds is 7. The van der Waals surface area contributed by atoms with Crippen LogP contribution < -0.4 is 10.2 Å². The van der Waals surface area contributed by atoms with E-state index in [1.807, 2.05) is 19.3 Å². The van der Waals surface area contributed by atoms with E-state index in [0.29, 0.717) is 27.7 Å². The van der Waals surface area contributed by atoms with Crippen molar-refractivity contribution >= 4 is 29.1 Å². The lowest BCUT2D eigenvalue weighted by atomic mass is 10.1. The van der Waals surface area contributed by atoms with Crippen LogP contribution in [0.1, 0.15) is 35.4 Å². The van der Waals surface area contributed by atoms with Crippen LogP contribution in [-0.4, -0.2) is 68.9 Å². The van der Waals surface area contributed by atoms with Crippen LogP contribution in [0.25, 0.3) is 16.9 Å². The summed E-state index contributed by atoms with van der Waals surface area (Å²) in [6.45, 7) is 3.97. The maximum atomic E-state index is 13.0. The van der Waals surface area contributed by atoms with Crippen molar-refractivity contribution in [1.82, 2.24) is 49.9 Å². The van der Waals surface area contributed by atoms with Crippen LogP contribution in [0.5, 0.6) is 0 Å². The first-order valence-corrected chi connectivity index (χ1v) is 12.2. The second-order valence-electron chi connectivity index (χ2n) is 8.70. The largest absolute Gasteiger partial charge is 0.341 e. The maximum absolute atomic E-state index is 13.0. The molecule has 38 heavy (non-hydrogen) atoms. The molecule has 0 bridgehead atoms. The molecule has 1 amide bonds. The molecule has 6 rings (SSSR count). The number of benzene rings is 1. The lowest BCUT2D eigenvalue weighted by Crippen LogP contribution is -2.38. The smallest absolute Gasteiger partial charge is 0.275 e. The van der Waals surface area contributed by atoms with Gasteiger partial charge in [0.05, 0.1) is 41.7 Å². The Morgan fingerprint density at radius 3 is 2.68 bits per heavy atom. The molecule has 5 heterocycles. The quantitative estimate of drug-likeness (QED) is 0.334. The summed E-state index contributed by atoms with van der Waals surface area (Å²) in [7, 11) is 0. The molecule has 1 saturated heterocycles. The summed E-state index contributed by atoms with van der Waals surface area (Å²) in [6, 6.07) is 5.08. The third-order valence-electron chi connectivity index (χ3n) is 6.23. The Morgan fingerprint density at radius 1 is 1.11 bits per heavy atom. The second kappa shape index (κ2) is 9.94. The highest BCUT2D eigenvalue weighted by atomic mass is 35.5. The van der Waals surface area contributed by atoms with Gasteiger partial charge in [-0.1, -0.05) is 11.6 Å². The highest BCUT2D eigenvalue weighted by molar-refractivity contribution is 6.31. The van der Waals surface area contributed by atoms with E-state index in [9.17, 15) is 4.79 Å². The topological polar surface area (TPSA) is 145 Å². The van der Waals surface area contributed by atoms with Gasteiger partial charge in [-0.25, -0.2) is 15.0 Å². The van der Waals surface area contributed by atoms with Gasteiger partial charge in [-0.05, 0) is 42.0 Å². The van der Waals surface area contributed by atoms with Crippen molar-refractivity contribution in [2.24, 2.45) is 0 Å². The van der Waals surface area contributed by atoms with Crippen LogP contribution in [0.4, 0.5) is 11.6 Å². The first-order valence-electron chi connectivity index (χ1n) is 11.8. The van der Waals surface area contributed by atoms with Crippen molar-refractivity contribution in [3.63, 3.8) is 0 Å². The van der Waals surface area contributed by atoms with E-state index < -0.39 is 5.91 Å². The molecule has 1 aliphatic rings. The van der Waals surface area contributed by atoms with Gasteiger partial charge in [0.25, 0.3) is 5.91 Å². The molecule has 190 valence electrons. The van der Waals surface area contributed by atoms with Crippen LogP contribution in [-0.2, 0) is 0 Å². The highest BCUT2D eigenvalue weighted by Gasteiger charge is 2.19. The average molecular weight is 529 g/mol. The molecule has 1 fully saturated rings. The standard InChI is InChI=1S/C24H21ClN12O/c1-15(16-8-27-24(28-9-16)35-5-2-6-35)36-13-18(10-30-36)31-23(38)21-12-26-11-20(32-21)19-7-17(25)3-4-22(19)37-14-29-33-34-37/h3-4,7-15H,2,5-6H2,1H3,(H,31,38)/t15-/m0/s1. The summed E-state index contributed by atoms with van der Waals surface area (Å²) >= 11 is 6.23. The Morgan fingerprint density at radius 2 is 1.95 bits per heavy atom. The van der Waals surface area contributed by atoms with Crippen molar-refractivity contribution in [2.75, 3.05) is 23.3 Å². The fourth-order valence-electron chi connectivity index (χ4n) is 3.98. The molecule has 0 unspecified atom stereocenters. The number of aromatic nitrogens is 10. The molecule has 14 heteroatoms. The predicted octanol–water partition coefficient (Wildman–Crippen LogP) is 2.83. The van der Waals surface area contributed by atoms with Gasteiger partial charge in [0.15, 0.2) is 0 Å². The Bertz CT molecular complexity index is 1580. The fraction of sp³-hybridized carbons (Fsp3) is 0.208. The summed E-state index contributed by atoms with van der Waals surface area (Å²) in [4.78, 5) is 32.8. The first kappa shape index (κ1) is 23.6. The lowest BCUT2D eigenvalue weighted by molar-refractivity contribution is 0.102. The third-order valence-corrected chi connectivity index (χ3v) is 6.47. The Kier molecular flexibility index (Phi) is 6.17. The average Bonchev–Trinajstić information content (AvgIpc) is 3.61. The minimum Gasteiger partial charge on any atom is -0.341 e. The van der Waals surface area contributed by atoms with Gasteiger partial charge < -0.3 is 10.2 Å². The molecule has 1 N–H and O–H groups in total. The number of amides is 1. The van der Waals surface area contributed by atoms with Gasteiger partial charge in [0.2, 0.25) is 5.95 Å². The number of carbonyl (C=O) groups excluding carboxylic acids is 1. The number of carbonyl (C=O) groups is 1. The predicted molar refractivity (Wildman–Crippen MR) is 138 cm³/mol. The zero-order valence-electron chi connectivity index (χ0n) is 20.2.